The molecule has 1 aromatic heterocycles. The summed E-state index contributed by atoms with van der Waals surface area (Å²) in [7, 11) is 0. The first-order valence-corrected chi connectivity index (χ1v) is 8.24. The van der Waals surface area contributed by atoms with Crippen LogP contribution >= 0.6 is 0 Å². The Labute approximate surface area is 154 Å². The van der Waals surface area contributed by atoms with Gasteiger partial charge in [0, 0.05) is 17.7 Å². The Morgan fingerprint density at radius 1 is 1.11 bits per heavy atom. The number of carbonyl (C=O) groups excluding carboxylic acids is 1. The van der Waals surface area contributed by atoms with Crippen LogP contribution in [0.4, 0.5) is 4.39 Å². The monoisotopic (exact) mass is 366 g/mol. The molecule has 27 heavy (non-hydrogen) atoms. The Morgan fingerprint density at radius 3 is 2.78 bits per heavy atom. The standard InChI is InChI=1S/C20H15FN2O4/c21-15-5-3-14(4-6-15)18-10-16(23-27-18)11-22-20(24)8-2-13-1-7-17-19(9-13)26-12-25-17/h1-10H,11-12H2,(H,22,24)/b8-2-. The summed E-state index contributed by atoms with van der Waals surface area (Å²) >= 11 is 0. The number of fused-ring (bicyclic) bond motifs is 1. The van der Waals surface area contributed by atoms with Crippen LogP contribution in [0.3, 0.4) is 0 Å². The summed E-state index contributed by atoms with van der Waals surface area (Å²) in [4.78, 5) is 12.0. The highest BCUT2D eigenvalue weighted by atomic mass is 19.1. The minimum absolute atomic E-state index is 0.209. The quantitative estimate of drug-likeness (QED) is 0.699. The maximum Gasteiger partial charge on any atom is 0.244 e. The van der Waals surface area contributed by atoms with Gasteiger partial charge in [0.25, 0.3) is 0 Å². The molecular weight excluding hydrogens is 351 g/mol. The Balaban J connectivity index is 1.33. The number of carbonyl (C=O) groups is 1. The highest BCUT2D eigenvalue weighted by Crippen LogP contribution is 2.32. The van der Waals surface area contributed by atoms with Gasteiger partial charge in [0.2, 0.25) is 12.7 Å². The molecule has 0 spiro atoms. The van der Waals surface area contributed by atoms with Gasteiger partial charge >= 0.3 is 0 Å². The average molecular weight is 366 g/mol. The lowest BCUT2D eigenvalue weighted by Crippen LogP contribution is -2.20. The number of rotatable bonds is 5. The third kappa shape index (κ3) is 3.98. The number of hydrogen-bond donors (Lipinski definition) is 1. The van der Waals surface area contributed by atoms with E-state index in [0.717, 1.165) is 5.56 Å². The highest BCUT2D eigenvalue weighted by Gasteiger charge is 2.12. The lowest BCUT2D eigenvalue weighted by Gasteiger charge is -1.99. The van der Waals surface area contributed by atoms with Crippen LogP contribution in [0.5, 0.6) is 11.5 Å². The van der Waals surface area contributed by atoms with E-state index in [9.17, 15) is 9.18 Å². The van der Waals surface area contributed by atoms with Gasteiger partial charge in [-0.15, -0.1) is 0 Å². The van der Waals surface area contributed by atoms with Crippen molar-refractivity contribution >= 4 is 12.0 Å². The molecule has 0 unspecified atom stereocenters. The number of ether oxygens (including phenoxy) is 2. The van der Waals surface area contributed by atoms with Gasteiger partial charge in [-0.3, -0.25) is 4.79 Å². The molecule has 0 saturated carbocycles. The largest absolute Gasteiger partial charge is 0.454 e. The Morgan fingerprint density at radius 2 is 1.93 bits per heavy atom. The Kier molecular flexibility index (Phi) is 4.57. The van der Waals surface area contributed by atoms with Crippen molar-refractivity contribution in [3.05, 3.63) is 71.7 Å². The van der Waals surface area contributed by atoms with Crippen LogP contribution in [0, 0.1) is 5.82 Å². The summed E-state index contributed by atoms with van der Waals surface area (Å²) in [5.74, 6) is 1.28. The molecule has 6 nitrogen and oxygen atoms in total. The van der Waals surface area contributed by atoms with Gasteiger partial charge in [0.05, 0.1) is 6.54 Å². The lowest BCUT2D eigenvalue weighted by molar-refractivity contribution is -0.116. The fourth-order valence-electron chi connectivity index (χ4n) is 2.57. The zero-order valence-electron chi connectivity index (χ0n) is 14.1. The summed E-state index contributed by atoms with van der Waals surface area (Å²) in [5.41, 5.74) is 2.11. The second-order valence-electron chi connectivity index (χ2n) is 5.85. The molecule has 1 N–H and O–H groups in total. The van der Waals surface area contributed by atoms with Gasteiger partial charge < -0.3 is 19.3 Å². The molecule has 0 bridgehead atoms. The Hall–Kier alpha value is -3.61. The molecule has 3 aromatic rings. The summed E-state index contributed by atoms with van der Waals surface area (Å²) in [6, 6.07) is 13.0. The van der Waals surface area contributed by atoms with E-state index in [-0.39, 0.29) is 25.1 Å². The van der Waals surface area contributed by atoms with E-state index in [1.54, 1.807) is 36.4 Å². The second-order valence-corrected chi connectivity index (χ2v) is 5.85. The predicted molar refractivity (Wildman–Crippen MR) is 95.3 cm³/mol. The number of amides is 1. The molecule has 1 amide bonds. The zero-order chi connectivity index (χ0) is 18.6. The van der Waals surface area contributed by atoms with Crippen molar-refractivity contribution in [3.8, 4) is 22.8 Å². The van der Waals surface area contributed by atoms with Gasteiger partial charge in [-0.1, -0.05) is 11.2 Å². The van der Waals surface area contributed by atoms with Crippen LogP contribution in [0.1, 0.15) is 11.3 Å². The molecule has 0 fully saturated rings. The first-order valence-electron chi connectivity index (χ1n) is 8.24. The van der Waals surface area contributed by atoms with Crippen LogP contribution in [0.2, 0.25) is 0 Å². The van der Waals surface area contributed by atoms with E-state index in [0.29, 0.717) is 28.5 Å². The first kappa shape index (κ1) is 16.8. The molecule has 2 aromatic carbocycles. The molecule has 1 aliphatic rings. The predicted octanol–water partition coefficient (Wildman–Crippen LogP) is 3.54. The SMILES string of the molecule is O=C(/C=C\c1ccc2c(c1)OCO2)NCc1cc(-c2ccc(F)cc2)on1. The molecule has 1 aliphatic heterocycles. The number of nitrogens with zero attached hydrogens (tertiary/aromatic N) is 1. The molecule has 0 atom stereocenters. The van der Waals surface area contributed by atoms with Crippen LogP contribution in [-0.4, -0.2) is 17.9 Å². The van der Waals surface area contributed by atoms with Crippen LogP contribution < -0.4 is 14.8 Å². The molecule has 4 rings (SSSR count). The molecular formula is C20H15FN2O4. The van der Waals surface area contributed by atoms with Gasteiger partial charge in [-0.25, -0.2) is 4.39 Å². The van der Waals surface area contributed by atoms with E-state index < -0.39 is 0 Å². The molecule has 2 heterocycles. The van der Waals surface area contributed by atoms with Gasteiger partial charge in [-0.05, 0) is 48.0 Å². The van der Waals surface area contributed by atoms with E-state index in [1.807, 2.05) is 6.07 Å². The smallest absolute Gasteiger partial charge is 0.244 e. The van der Waals surface area contributed by atoms with E-state index >= 15 is 0 Å². The summed E-state index contributed by atoms with van der Waals surface area (Å²) in [5, 5.41) is 6.64. The average Bonchev–Trinajstić information content (AvgIpc) is 3.34. The maximum absolute atomic E-state index is 13.0. The van der Waals surface area contributed by atoms with Crippen molar-refractivity contribution in [3.63, 3.8) is 0 Å². The summed E-state index contributed by atoms with van der Waals surface area (Å²) in [6.45, 7) is 0.426. The second kappa shape index (κ2) is 7.33. The van der Waals surface area contributed by atoms with Crippen molar-refractivity contribution in [2.24, 2.45) is 0 Å². The van der Waals surface area contributed by atoms with E-state index in [4.69, 9.17) is 14.0 Å². The molecule has 0 radical (unpaired) electrons. The van der Waals surface area contributed by atoms with Crippen molar-refractivity contribution in [2.75, 3.05) is 6.79 Å². The van der Waals surface area contributed by atoms with Crippen LogP contribution in [-0.2, 0) is 11.3 Å². The lowest BCUT2D eigenvalue weighted by atomic mass is 10.1. The molecule has 0 saturated heterocycles. The third-order valence-corrected chi connectivity index (χ3v) is 3.96. The normalized spacial score (nSPS) is 12.5. The fourth-order valence-corrected chi connectivity index (χ4v) is 2.57. The topological polar surface area (TPSA) is 73.6 Å². The first-order chi connectivity index (χ1) is 13.2. The van der Waals surface area contributed by atoms with E-state index in [1.165, 1.54) is 18.2 Å². The number of nitrogens with one attached hydrogen (secondary N) is 1. The zero-order valence-corrected chi connectivity index (χ0v) is 14.1. The van der Waals surface area contributed by atoms with Crippen LogP contribution in [0.15, 0.2) is 59.1 Å². The van der Waals surface area contributed by atoms with Gasteiger partial charge in [-0.2, -0.15) is 0 Å². The fraction of sp³-hybridized carbons (Fsp3) is 0.100. The van der Waals surface area contributed by atoms with Gasteiger partial charge in [0.15, 0.2) is 17.3 Å². The number of hydrogen-bond acceptors (Lipinski definition) is 5. The number of benzene rings is 2. The maximum atomic E-state index is 13.0. The summed E-state index contributed by atoms with van der Waals surface area (Å²) in [6.07, 6.45) is 3.11. The van der Waals surface area contributed by atoms with E-state index in [2.05, 4.69) is 10.5 Å². The van der Waals surface area contributed by atoms with Crippen molar-refractivity contribution < 1.29 is 23.2 Å². The number of halogens is 1. The van der Waals surface area contributed by atoms with Crippen molar-refractivity contribution in [2.45, 2.75) is 6.54 Å². The van der Waals surface area contributed by atoms with Crippen LogP contribution in [0.25, 0.3) is 17.4 Å². The molecule has 136 valence electrons. The molecule has 7 heteroatoms. The minimum Gasteiger partial charge on any atom is -0.454 e. The third-order valence-electron chi connectivity index (χ3n) is 3.96. The summed E-state index contributed by atoms with van der Waals surface area (Å²) < 4.78 is 28.7. The van der Waals surface area contributed by atoms with Crippen molar-refractivity contribution in [1.82, 2.24) is 10.5 Å². The van der Waals surface area contributed by atoms with Crippen molar-refractivity contribution in [1.29, 1.82) is 0 Å². The number of aromatic nitrogens is 1. The molecule has 0 aliphatic carbocycles. The Bertz CT molecular complexity index is 995. The van der Waals surface area contributed by atoms with Gasteiger partial charge in [0.1, 0.15) is 11.5 Å². The highest BCUT2D eigenvalue weighted by molar-refractivity contribution is 5.91. The minimum atomic E-state index is -0.319.